The van der Waals surface area contributed by atoms with Crippen LogP contribution in [0.5, 0.6) is 0 Å². The van der Waals surface area contributed by atoms with Crippen LogP contribution in [0.4, 0.5) is 19.2 Å². The molecule has 1 heterocycles. The molecule has 4 amide bonds. The molecular weight excluding hydrogens is 2320 g/mol. The maximum atomic E-state index is 12.9. The lowest BCUT2D eigenvalue weighted by atomic mass is 10.1. The lowest BCUT2D eigenvalue weighted by molar-refractivity contribution is -0.148. The molecule has 0 spiro atoms. The predicted molar refractivity (Wildman–Crippen MR) is 597 cm³/mol. The van der Waals surface area contributed by atoms with E-state index in [0.717, 1.165) is 120 Å². The van der Waals surface area contributed by atoms with Gasteiger partial charge in [0.2, 0.25) is 11.7 Å². The van der Waals surface area contributed by atoms with Gasteiger partial charge in [0.15, 0.2) is 11.7 Å². The second kappa shape index (κ2) is 53.2. The zero-order valence-electron chi connectivity index (χ0n) is 82.4. The number of halogens is 4. The van der Waals surface area contributed by atoms with E-state index >= 15 is 0 Å². The highest BCUT2D eigenvalue weighted by atomic mass is 127. The highest BCUT2D eigenvalue weighted by Gasteiger charge is 2.60. The Bertz CT molecular complexity index is 6300. The summed E-state index contributed by atoms with van der Waals surface area (Å²) in [6, 6.07) is 89.4. The molecule has 8 N–H and O–H groups in total. The molecule has 770 valence electrons. The van der Waals surface area contributed by atoms with Gasteiger partial charge >= 0.3 is 36.3 Å². The fraction of sp³-hybridized carbons (Fsp3) is 0.348. The Balaban J connectivity index is 0.000000145. The van der Waals surface area contributed by atoms with Crippen molar-refractivity contribution in [3.05, 3.63) is 364 Å². The van der Waals surface area contributed by atoms with Gasteiger partial charge < -0.3 is 80.1 Å². The molecule has 10 atom stereocenters. The van der Waals surface area contributed by atoms with Gasteiger partial charge in [0.25, 0.3) is 0 Å². The molecule has 1 aromatic heterocycles. The first kappa shape index (κ1) is 112. The number of nitrogens with zero attached hydrogens (tertiary/aromatic N) is 11. The Kier molecular flexibility index (Phi) is 40.3. The molecule has 0 aliphatic heterocycles. The monoisotopic (exact) mass is 2450 g/mol. The van der Waals surface area contributed by atoms with E-state index in [1.807, 2.05) is 163 Å². The number of esters is 1. The van der Waals surface area contributed by atoms with Crippen molar-refractivity contribution in [1.82, 2.24) is 35.1 Å². The number of carbonyl (C=O) groups excluding carboxylic acids is 5. The molecule has 10 saturated carbocycles. The molecule has 0 bridgehead atoms. The van der Waals surface area contributed by atoms with Crippen molar-refractivity contribution in [2.45, 2.75) is 162 Å². The first-order chi connectivity index (χ1) is 71.6. The number of nitrogens with two attached hydrogens (primary N) is 2. The third kappa shape index (κ3) is 32.0. The maximum absolute atomic E-state index is 12.9. The summed E-state index contributed by atoms with van der Waals surface area (Å²) in [5, 5.41) is 66.2. The van der Waals surface area contributed by atoms with Crippen LogP contribution in [0.2, 0.25) is 0 Å². The third-order valence-corrected chi connectivity index (χ3v) is 30.5. The third-order valence-electron chi connectivity index (χ3n) is 27.7. The van der Waals surface area contributed by atoms with Crippen molar-refractivity contribution in [3.8, 4) is 29.6 Å². The summed E-state index contributed by atoms with van der Waals surface area (Å²) in [7, 11) is 1.40. The summed E-state index contributed by atoms with van der Waals surface area (Å²) >= 11 is 8.85. The Morgan fingerprint density at radius 3 is 1.07 bits per heavy atom. The predicted octanol–water partition coefficient (Wildman–Crippen LogP) is 22.5. The van der Waals surface area contributed by atoms with Gasteiger partial charge in [-0.25, -0.2) is 19.2 Å². The van der Waals surface area contributed by atoms with Crippen LogP contribution >= 0.6 is 90.4 Å². The number of methoxy groups -OCH3 is 1. The minimum atomic E-state index is -0.823. The smallest absolute Gasteiger partial charge is 0.410 e. The zero-order valence-corrected chi connectivity index (χ0v) is 91.0. The van der Waals surface area contributed by atoms with Crippen LogP contribution in [0.15, 0.2) is 314 Å². The number of amides is 4. The summed E-state index contributed by atoms with van der Waals surface area (Å²) in [5.41, 5.74) is 18.1. The summed E-state index contributed by atoms with van der Waals surface area (Å²) in [5.74, 6) is 2.32. The number of rotatable bonds is 34. The molecule has 10 aromatic rings. The fourth-order valence-corrected chi connectivity index (χ4v) is 19.0. The van der Waals surface area contributed by atoms with E-state index in [-0.39, 0.29) is 115 Å². The average molecular weight is 2450 g/mol. The first-order valence-electron chi connectivity index (χ1n) is 49.1. The van der Waals surface area contributed by atoms with Crippen LogP contribution in [-0.4, -0.2) is 190 Å². The minimum absolute atomic E-state index is 0.0101. The number of hydrogen-bond donors (Lipinski definition) is 6. The van der Waals surface area contributed by atoms with Crippen molar-refractivity contribution in [3.63, 3.8) is 0 Å². The standard InChI is InChI=1S/C25H24IN3O3.C19H23NO4.C18H20N2O2.C18H21NO4.C14H16N2.2C7H7IN2O.C7H4IN/c1-2-14-31-24(30)29(21-15-20(21)17-6-4-3-5-7-17)16-25(12-13-25)23-27-22(28-32-23)18-8-10-19(26)11-9-18;1-3-11-24-18(22)20(13-19(9-10-19)17(21)23-2)16-12-15(16)14-7-5-4-6-8-14;1-2-10-22-17(21)20(13-18(12-19)8-9-18)16-11-15(16)14-6-4-3-5-7-14;1-2-10-23-17(22)19(12-18(8-9-18)16(20)21)15-11-14(15)13-6-4-3-5-7-13;15-9-14(6-7-14)10-16-13-8-12(13)11-4-2-1-3-5-11;2*8-6-3-1-5(2-4-6)7(9)10-11;8-7-3-1-6(5-9)2-4-7/h2-11,20-21H,1,12-16H2;3-8,15-16H,1,9-13H2,2H3;2-7,15-16H,1,8-11,13H2;2-7,14-15H,1,8-12H2,(H,20,21);1-5,12-13,16H,6-8,10H2;2*1-4,11H,(H2,9,10);1-4H/t20?,21-;2*15?,16-;14?,15-;12?,13-;;;/m00000.../s1. The minimum Gasteiger partial charge on any atom is -0.481 e. The van der Waals surface area contributed by atoms with E-state index < -0.39 is 22.9 Å². The van der Waals surface area contributed by atoms with E-state index in [4.69, 9.17) is 65.6 Å². The molecule has 10 fully saturated rings. The van der Waals surface area contributed by atoms with Gasteiger partial charge in [-0.15, -0.1) is 0 Å². The van der Waals surface area contributed by atoms with Gasteiger partial charge in [0, 0.05) is 123 Å². The van der Waals surface area contributed by atoms with Crippen molar-refractivity contribution in [2.75, 3.05) is 66.3 Å². The van der Waals surface area contributed by atoms with Gasteiger partial charge in [-0.2, -0.15) is 20.8 Å². The Hall–Kier alpha value is -13.0. The van der Waals surface area contributed by atoms with Crippen molar-refractivity contribution in [1.29, 1.82) is 15.8 Å². The van der Waals surface area contributed by atoms with Gasteiger partial charge in [0.1, 0.15) is 26.4 Å². The fourth-order valence-electron chi connectivity index (χ4n) is 17.5. The molecule has 20 rings (SSSR count). The highest BCUT2D eigenvalue weighted by Crippen LogP contribution is 2.57. The van der Waals surface area contributed by atoms with E-state index in [2.05, 4.69) is 222 Å². The lowest BCUT2D eigenvalue weighted by Crippen LogP contribution is -2.41. The van der Waals surface area contributed by atoms with Gasteiger partial charge in [0.05, 0.1) is 58.0 Å². The molecule has 10 aliphatic rings. The number of carboxylic acid groups (broad SMARTS) is 1. The number of aromatic nitrogens is 2. The number of carboxylic acids is 1. The number of amidine groups is 2. The van der Waals surface area contributed by atoms with E-state index in [1.165, 1.54) is 47.4 Å². The second-order valence-corrected chi connectivity index (χ2v) is 43.4. The molecule has 10 aliphatic carbocycles. The van der Waals surface area contributed by atoms with Crippen molar-refractivity contribution < 1.29 is 72.5 Å². The van der Waals surface area contributed by atoms with Crippen LogP contribution in [0, 0.1) is 69.9 Å². The van der Waals surface area contributed by atoms with Crippen LogP contribution in [0.1, 0.15) is 176 Å². The Morgan fingerprint density at radius 2 is 0.764 bits per heavy atom. The van der Waals surface area contributed by atoms with Crippen molar-refractivity contribution in [2.24, 2.45) is 43.4 Å². The highest BCUT2D eigenvalue weighted by molar-refractivity contribution is 14.1. The normalized spacial score (nSPS) is 20.8. The molecule has 0 saturated heterocycles. The molecule has 33 heteroatoms. The first-order valence-corrected chi connectivity index (χ1v) is 53.4. The van der Waals surface area contributed by atoms with Gasteiger partial charge in [-0.05, 0) is 275 Å². The number of hydrogen-bond acceptors (Lipinski definition) is 22. The van der Waals surface area contributed by atoms with E-state index in [9.17, 15) is 39.1 Å². The number of ether oxygens (including phenoxy) is 5. The Morgan fingerprint density at radius 1 is 0.439 bits per heavy atom. The quantitative estimate of drug-likeness (QED) is 0.00319. The van der Waals surface area contributed by atoms with Crippen LogP contribution in [0.25, 0.3) is 11.4 Å². The number of benzene rings is 9. The summed E-state index contributed by atoms with van der Waals surface area (Å²) < 4.78 is 36.2. The molecule has 0 radical (unpaired) electrons. The number of nitriles is 3. The second-order valence-electron chi connectivity index (χ2n) is 38.5. The van der Waals surface area contributed by atoms with E-state index in [1.54, 1.807) is 57.2 Å². The van der Waals surface area contributed by atoms with Crippen LogP contribution in [0.3, 0.4) is 0 Å². The zero-order chi connectivity index (χ0) is 106. The Labute approximate surface area is 918 Å². The van der Waals surface area contributed by atoms with E-state index in [0.29, 0.717) is 73.9 Å². The molecule has 148 heavy (non-hydrogen) atoms. The molecule has 5 unspecified atom stereocenters. The molecule has 9 aromatic carbocycles. The molecular formula is C115H122I4N14O15. The number of carbonyl (C=O) groups is 6. The lowest BCUT2D eigenvalue weighted by Gasteiger charge is -2.26. The SMILES string of the molecule is C=CCOC(=O)N(CC1(C#N)CC1)[C@H]1CC1c1ccccc1.C=CCOC(=O)N(CC1(C(=O)O)CC1)[C@H]1CC1c1ccccc1.C=CCOC(=O)N(CC1(C(=O)OC)CC1)[C@H]1CC1c1ccccc1.C=CCOC(=O)N(CC1(c2nc(-c3ccc(I)cc3)no2)CC1)[C@H]1CC1c1ccccc1.N#CC1(CN[C@H]2CC2c2ccccc2)CC1.N#Cc1ccc(I)cc1.NC(=NO)c1ccc(I)cc1.NC(=NO)c1ccc(I)cc1. The van der Waals surface area contributed by atoms with Gasteiger partial charge in [-0.3, -0.25) is 9.59 Å². The summed E-state index contributed by atoms with van der Waals surface area (Å²) in [6.45, 7) is 17.5. The largest absolute Gasteiger partial charge is 0.481 e. The number of aliphatic carboxylic acids is 1. The molecule has 29 nitrogen and oxygen atoms in total. The summed E-state index contributed by atoms with van der Waals surface area (Å²) in [4.78, 5) is 85.3. The number of oxime groups is 2. The average Bonchev–Trinajstić information content (AvgIpc) is 1.58. The summed E-state index contributed by atoms with van der Waals surface area (Å²) in [6.07, 6.45) is 18.1. The number of nitrogens with one attached hydrogen (secondary N) is 1. The van der Waals surface area contributed by atoms with Gasteiger partial charge in [-0.1, -0.05) is 254 Å². The maximum Gasteiger partial charge on any atom is 0.410 e. The topological polar surface area (TPSA) is 421 Å². The van der Waals surface area contributed by atoms with Crippen LogP contribution < -0.4 is 16.8 Å². The van der Waals surface area contributed by atoms with Crippen LogP contribution in [-0.2, 0) is 38.7 Å². The van der Waals surface area contributed by atoms with Crippen molar-refractivity contribution >= 4 is 138 Å².